The highest BCUT2D eigenvalue weighted by Gasteiger charge is 2.22. The number of rotatable bonds is 9. The number of amides is 1. The van der Waals surface area contributed by atoms with E-state index in [2.05, 4.69) is 20.6 Å². The number of nitrogens with zero attached hydrogens (tertiary/aromatic N) is 3. The summed E-state index contributed by atoms with van der Waals surface area (Å²) in [4.78, 5) is 31.5. The van der Waals surface area contributed by atoms with Gasteiger partial charge in [0.2, 0.25) is 10.9 Å². The summed E-state index contributed by atoms with van der Waals surface area (Å²) in [6.45, 7) is 1.65. The molecule has 0 radical (unpaired) electrons. The van der Waals surface area contributed by atoms with Gasteiger partial charge in [-0.05, 0) is 55.5 Å². The SMILES string of the molecule is COc1ccc(-c2[nH]n(-c3nc4ccccc4s3)c(=O)c2/C(C)=N/NC(=O)c2cc(OC)c(OC)c(OC)c2)cc1. The maximum Gasteiger partial charge on any atom is 0.283 e. The molecule has 5 aromatic rings. The van der Waals surface area contributed by atoms with Gasteiger partial charge in [-0.15, -0.1) is 0 Å². The summed E-state index contributed by atoms with van der Waals surface area (Å²) in [7, 11) is 5.99. The first kappa shape index (κ1) is 27.5. The largest absolute Gasteiger partial charge is 0.497 e. The Morgan fingerprint density at radius 2 is 1.63 bits per heavy atom. The van der Waals surface area contributed by atoms with Crippen molar-refractivity contribution >= 4 is 33.2 Å². The van der Waals surface area contributed by atoms with Crippen LogP contribution in [0.5, 0.6) is 23.0 Å². The van der Waals surface area contributed by atoms with Crippen LogP contribution in [0.1, 0.15) is 22.8 Å². The first-order valence-electron chi connectivity index (χ1n) is 12.4. The van der Waals surface area contributed by atoms with Gasteiger partial charge in [-0.3, -0.25) is 14.7 Å². The van der Waals surface area contributed by atoms with Crippen LogP contribution in [0.2, 0.25) is 0 Å². The molecule has 12 heteroatoms. The van der Waals surface area contributed by atoms with Gasteiger partial charge in [0.15, 0.2) is 11.5 Å². The molecule has 1 amide bonds. The summed E-state index contributed by atoms with van der Waals surface area (Å²) in [6.07, 6.45) is 0. The number of methoxy groups -OCH3 is 4. The van der Waals surface area contributed by atoms with E-state index in [-0.39, 0.29) is 22.4 Å². The highest BCUT2D eigenvalue weighted by atomic mass is 32.1. The Kier molecular flexibility index (Phi) is 7.74. The Morgan fingerprint density at radius 3 is 2.24 bits per heavy atom. The Hall–Kier alpha value is -5.10. The third-order valence-electron chi connectivity index (χ3n) is 6.36. The van der Waals surface area contributed by atoms with E-state index in [0.717, 1.165) is 15.8 Å². The van der Waals surface area contributed by atoms with E-state index >= 15 is 0 Å². The summed E-state index contributed by atoms with van der Waals surface area (Å²) in [6, 6.07) is 17.9. The van der Waals surface area contributed by atoms with Crippen molar-refractivity contribution in [3.63, 3.8) is 0 Å². The van der Waals surface area contributed by atoms with Crippen LogP contribution in [0, 0.1) is 0 Å². The van der Waals surface area contributed by atoms with Crippen molar-refractivity contribution in [3.05, 3.63) is 82.1 Å². The van der Waals surface area contributed by atoms with E-state index in [0.29, 0.717) is 33.8 Å². The third-order valence-corrected chi connectivity index (χ3v) is 7.38. The van der Waals surface area contributed by atoms with Crippen LogP contribution >= 0.6 is 11.3 Å². The lowest BCUT2D eigenvalue weighted by atomic mass is 10.1. The van der Waals surface area contributed by atoms with Crippen LogP contribution in [-0.4, -0.2) is 54.8 Å². The maximum atomic E-state index is 13.8. The fourth-order valence-electron chi connectivity index (χ4n) is 4.30. The molecular formula is C29H27N5O6S. The van der Waals surface area contributed by atoms with E-state index in [4.69, 9.17) is 18.9 Å². The van der Waals surface area contributed by atoms with E-state index in [1.54, 1.807) is 26.2 Å². The second kappa shape index (κ2) is 11.6. The molecule has 2 heterocycles. The minimum Gasteiger partial charge on any atom is -0.497 e. The number of hydrogen-bond acceptors (Lipinski definition) is 9. The van der Waals surface area contributed by atoms with Crippen LogP contribution in [-0.2, 0) is 0 Å². The molecule has 0 saturated carbocycles. The second-order valence-corrected chi connectivity index (χ2v) is 9.76. The number of para-hydroxylation sites is 1. The second-order valence-electron chi connectivity index (χ2n) is 8.75. The molecule has 0 spiro atoms. The standard InChI is InChI=1S/C29H27N5O6S/c1-16(31-32-27(35)18-14-21(38-3)26(40-5)22(15-18)39-4)24-25(17-10-12-19(37-2)13-11-17)33-34(28(24)36)29-30-20-8-6-7-9-23(20)41-29/h6-15,33H,1-5H3,(H,32,35)/b31-16+. The molecule has 41 heavy (non-hydrogen) atoms. The van der Waals surface area contributed by atoms with Gasteiger partial charge >= 0.3 is 0 Å². The van der Waals surface area contributed by atoms with Crippen LogP contribution in [0.15, 0.2) is 70.6 Å². The molecule has 0 aliphatic carbocycles. The molecule has 0 aliphatic rings. The van der Waals surface area contributed by atoms with Crippen molar-refractivity contribution in [1.82, 2.24) is 20.2 Å². The lowest BCUT2D eigenvalue weighted by Crippen LogP contribution is -2.23. The number of carbonyl (C=O) groups excluding carboxylic acids is 1. The summed E-state index contributed by atoms with van der Waals surface area (Å²) in [5, 5.41) is 7.96. The third kappa shape index (κ3) is 5.24. The average Bonchev–Trinajstić information content (AvgIpc) is 3.59. The van der Waals surface area contributed by atoms with Gasteiger partial charge in [-0.2, -0.15) is 9.78 Å². The number of H-pyrrole nitrogens is 1. The van der Waals surface area contributed by atoms with Crippen LogP contribution < -0.4 is 29.9 Å². The number of aromatic amines is 1. The van der Waals surface area contributed by atoms with Crippen molar-refractivity contribution < 1.29 is 23.7 Å². The van der Waals surface area contributed by atoms with Crippen molar-refractivity contribution in [2.45, 2.75) is 6.92 Å². The van der Waals surface area contributed by atoms with E-state index in [1.807, 2.05) is 36.4 Å². The molecule has 0 aliphatic heterocycles. The summed E-state index contributed by atoms with van der Waals surface area (Å²) < 4.78 is 23.6. The van der Waals surface area contributed by atoms with Crippen LogP contribution in [0.3, 0.4) is 0 Å². The number of thiazole rings is 1. The maximum absolute atomic E-state index is 13.8. The number of nitrogens with one attached hydrogen (secondary N) is 2. The van der Waals surface area contributed by atoms with E-state index < -0.39 is 5.91 Å². The van der Waals surface area contributed by atoms with Crippen LogP contribution in [0.25, 0.3) is 26.6 Å². The highest BCUT2D eigenvalue weighted by Crippen LogP contribution is 2.38. The van der Waals surface area contributed by atoms with E-state index in [1.165, 1.54) is 49.5 Å². The predicted molar refractivity (Wildman–Crippen MR) is 157 cm³/mol. The number of hydrogen-bond donors (Lipinski definition) is 2. The van der Waals surface area contributed by atoms with Gasteiger partial charge in [0.1, 0.15) is 5.75 Å². The van der Waals surface area contributed by atoms with Crippen molar-refractivity contribution in [2.75, 3.05) is 28.4 Å². The topological polar surface area (TPSA) is 129 Å². The Balaban J connectivity index is 1.55. The molecule has 11 nitrogen and oxygen atoms in total. The van der Waals surface area contributed by atoms with Crippen molar-refractivity contribution in [3.8, 4) is 39.4 Å². The van der Waals surface area contributed by atoms with Gasteiger partial charge < -0.3 is 18.9 Å². The van der Waals surface area contributed by atoms with Gasteiger partial charge in [0.25, 0.3) is 11.5 Å². The first-order valence-corrected chi connectivity index (χ1v) is 13.2. The molecule has 0 saturated heterocycles. The molecule has 0 unspecified atom stereocenters. The van der Waals surface area contributed by atoms with E-state index in [9.17, 15) is 9.59 Å². The number of carbonyl (C=O) groups is 1. The number of aromatic nitrogens is 3. The summed E-state index contributed by atoms with van der Waals surface area (Å²) in [5.41, 5.74) is 4.99. The molecule has 0 fully saturated rings. The molecule has 0 bridgehead atoms. The van der Waals surface area contributed by atoms with Crippen LogP contribution in [0.4, 0.5) is 0 Å². The zero-order valence-corrected chi connectivity index (χ0v) is 23.8. The first-order chi connectivity index (χ1) is 19.9. The average molecular weight is 574 g/mol. The summed E-state index contributed by atoms with van der Waals surface area (Å²) in [5.74, 6) is 1.15. The smallest absolute Gasteiger partial charge is 0.283 e. The molecular weight excluding hydrogens is 546 g/mol. The molecule has 5 rings (SSSR count). The minimum absolute atomic E-state index is 0.229. The number of hydrazone groups is 1. The lowest BCUT2D eigenvalue weighted by Gasteiger charge is -2.13. The molecule has 3 aromatic carbocycles. The molecule has 2 aromatic heterocycles. The van der Waals surface area contributed by atoms with Gasteiger partial charge in [-0.25, -0.2) is 10.4 Å². The lowest BCUT2D eigenvalue weighted by molar-refractivity contribution is 0.0954. The Bertz CT molecular complexity index is 1760. The molecule has 2 N–H and O–H groups in total. The van der Waals surface area contributed by atoms with Gasteiger partial charge in [0.05, 0.1) is 55.6 Å². The fraction of sp³-hybridized carbons (Fsp3) is 0.172. The monoisotopic (exact) mass is 573 g/mol. The fourth-order valence-corrected chi connectivity index (χ4v) is 5.22. The highest BCUT2D eigenvalue weighted by molar-refractivity contribution is 7.20. The quantitative estimate of drug-likeness (QED) is 0.194. The van der Waals surface area contributed by atoms with Crippen molar-refractivity contribution in [2.24, 2.45) is 5.10 Å². The Labute approximate surface area is 238 Å². The summed E-state index contributed by atoms with van der Waals surface area (Å²) >= 11 is 1.38. The predicted octanol–water partition coefficient (Wildman–Crippen LogP) is 4.63. The van der Waals surface area contributed by atoms with Gasteiger partial charge in [0, 0.05) is 11.1 Å². The number of benzene rings is 3. The number of fused-ring (bicyclic) bond motifs is 1. The van der Waals surface area contributed by atoms with Crippen molar-refractivity contribution in [1.29, 1.82) is 0 Å². The zero-order valence-electron chi connectivity index (χ0n) is 23.0. The van der Waals surface area contributed by atoms with Gasteiger partial charge in [-0.1, -0.05) is 23.5 Å². The normalized spacial score (nSPS) is 11.4. The minimum atomic E-state index is -0.531. The Morgan fingerprint density at radius 1 is 0.951 bits per heavy atom. The number of ether oxygens (including phenoxy) is 4. The molecule has 0 atom stereocenters. The molecule has 210 valence electrons. The zero-order chi connectivity index (χ0) is 29.1.